The third-order valence-electron chi connectivity index (χ3n) is 3.98. The second-order valence-electron chi connectivity index (χ2n) is 6.28. The van der Waals surface area contributed by atoms with Crippen LogP contribution in [-0.2, 0) is 16.6 Å². The Bertz CT molecular complexity index is 851. The molecule has 0 saturated carbocycles. The van der Waals surface area contributed by atoms with Gasteiger partial charge in [-0.15, -0.1) is 24.0 Å². The van der Waals surface area contributed by atoms with E-state index in [0.29, 0.717) is 17.4 Å². The van der Waals surface area contributed by atoms with Crippen LogP contribution in [0.15, 0.2) is 52.6 Å². The monoisotopic (exact) mass is 519 g/mol. The van der Waals surface area contributed by atoms with E-state index in [2.05, 4.69) is 24.9 Å². The van der Waals surface area contributed by atoms with Crippen molar-refractivity contribution in [1.29, 1.82) is 0 Å². The van der Waals surface area contributed by atoms with Crippen LogP contribution in [0.25, 0.3) is 0 Å². The van der Waals surface area contributed by atoms with Crippen molar-refractivity contribution >= 4 is 40.0 Å². The molecule has 0 aliphatic rings. The molecule has 7 nitrogen and oxygen atoms in total. The first kappa shape index (κ1) is 24.4. The molecule has 0 atom stereocenters. The Labute approximate surface area is 185 Å². The van der Waals surface area contributed by atoms with E-state index >= 15 is 0 Å². The molecule has 0 radical (unpaired) electrons. The smallest absolute Gasteiger partial charge is 0.240 e. The van der Waals surface area contributed by atoms with Gasteiger partial charge in [-0.2, -0.15) is 0 Å². The molecule has 0 bridgehead atoms. The number of aryl methyl sites for hydroxylation is 2. The number of nitrogens with one attached hydrogen (secondary N) is 3. The minimum Gasteiger partial charge on any atom is -0.357 e. The summed E-state index contributed by atoms with van der Waals surface area (Å²) < 4.78 is 29.7. The van der Waals surface area contributed by atoms with Crippen LogP contribution < -0.4 is 15.4 Å². The fourth-order valence-electron chi connectivity index (χ4n) is 2.59. The van der Waals surface area contributed by atoms with Gasteiger partial charge in [0.2, 0.25) is 10.0 Å². The molecule has 0 spiro atoms. The molecule has 0 fully saturated rings. The van der Waals surface area contributed by atoms with Crippen LogP contribution in [0.3, 0.4) is 0 Å². The maximum absolute atomic E-state index is 12.5. The number of aliphatic imine (C=N–C) groups is 1. The summed E-state index contributed by atoms with van der Waals surface area (Å²) in [5, 5.41) is 6.41. The fraction of sp³-hybridized carbons (Fsp3) is 0.421. The van der Waals surface area contributed by atoms with Crippen molar-refractivity contribution in [3.05, 3.63) is 53.9 Å². The summed E-state index contributed by atoms with van der Waals surface area (Å²) in [5.41, 5.74) is 1.65. The molecule has 0 saturated heterocycles. The number of halogens is 1. The molecular weight excluding hydrogens is 489 g/mol. The van der Waals surface area contributed by atoms with Gasteiger partial charge in [-0.1, -0.05) is 12.1 Å². The number of aromatic nitrogens is 1. The summed E-state index contributed by atoms with van der Waals surface area (Å²) in [6.45, 7) is 8.56. The molecule has 156 valence electrons. The highest BCUT2D eigenvalue weighted by Gasteiger charge is 2.16. The van der Waals surface area contributed by atoms with Crippen LogP contribution in [-0.4, -0.2) is 45.1 Å². The van der Waals surface area contributed by atoms with Crippen molar-refractivity contribution in [1.82, 2.24) is 19.9 Å². The molecule has 9 heteroatoms. The van der Waals surface area contributed by atoms with E-state index in [1.54, 1.807) is 13.0 Å². The second kappa shape index (κ2) is 12.1. The average molecular weight is 519 g/mol. The van der Waals surface area contributed by atoms with Crippen LogP contribution in [0.2, 0.25) is 0 Å². The van der Waals surface area contributed by atoms with E-state index in [1.807, 2.05) is 50.5 Å². The van der Waals surface area contributed by atoms with Gasteiger partial charge in [-0.05, 0) is 50.1 Å². The average Bonchev–Trinajstić information content (AvgIpc) is 3.14. The van der Waals surface area contributed by atoms with Crippen LogP contribution in [0, 0.1) is 13.8 Å². The van der Waals surface area contributed by atoms with Crippen LogP contribution in [0.1, 0.15) is 18.1 Å². The first-order valence-electron chi connectivity index (χ1n) is 9.12. The molecular formula is C19H30IN5O2S. The minimum atomic E-state index is -3.53. The lowest BCUT2D eigenvalue weighted by Crippen LogP contribution is -2.39. The molecule has 0 aliphatic carbocycles. The molecule has 28 heavy (non-hydrogen) atoms. The lowest BCUT2D eigenvalue weighted by molar-refractivity contribution is 0.581. The molecule has 2 aromatic rings. The Morgan fingerprint density at radius 3 is 2.50 bits per heavy atom. The minimum absolute atomic E-state index is 0. The molecule has 1 heterocycles. The van der Waals surface area contributed by atoms with Crippen molar-refractivity contribution in [2.45, 2.75) is 32.2 Å². The largest absolute Gasteiger partial charge is 0.357 e. The maximum Gasteiger partial charge on any atom is 0.240 e. The quantitative estimate of drug-likeness (QED) is 0.205. The number of benzene rings is 1. The van der Waals surface area contributed by atoms with Gasteiger partial charge in [0.05, 0.1) is 11.4 Å². The van der Waals surface area contributed by atoms with E-state index in [9.17, 15) is 8.42 Å². The van der Waals surface area contributed by atoms with Crippen molar-refractivity contribution in [2.24, 2.45) is 4.99 Å². The zero-order valence-corrected chi connectivity index (χ0v) is 19.8. The Balaban J connectivity index is 0.00000392. The van der Waals surface area contributed by atoms with Crippen LogP contribution in [0.5, 0.6) is 0 Å². The third-order valence-corrected chi connectivity index (χ3v) is 5.58. The Morgan fingerprint density at radius 1 is 1.11 bits per heavy atom. The summed E-state index contributed by atoms with van der Waals surface area (Å²) in [6, 6.07) is 9.39. The van der Waals surface area contributed by atoms with Crippen molar-refractivity contribution in [3.8, 4) is 0 Å². The van der Waals surface area contributed by atoms with Gasteiger partial charge in [0, 0.05) is 38.6 Å². The SMILES string of the molecule is CCNC(=NCCNS(=O)(=O)c1cc(C)ccc1C)NCCn1cccc1.I. The number of guanidine groups is 1. The Morgan fingerprint density at radius 2 is 1.82 bits per heavy atom. The highest BCUT2D eigenvalue weighted by atomic mass is 127. The molecule has 2 rings (SSSR count). The zero-order valence-electron chi connectivity index (χ0n) is 16.6. The number of hydrogen-bond acceptors (Lipinski definition) is 3. The lowest BCUT2D eigenvalue weighted by atomic mass is 10.2. The van der Waals surface area contributed by atoms with Gasteiger partial charge in [0.15, 0.2) is 5.96 Å². The molecule has 1 aromatic carbocycles. The van der Waals surface area contributed by atoms with Crippen molar-refractivity contribution < 1.29 is 8.42 Å². The first-order chi connectivity index (χ1) is 12.9. The third kappa shape index (κ3) is 7.80. The van der Waals surface area contributed by atoms with E-state index in [0.717, 1.165) is 30.8 Å². The molecule has 1 aromatic heterocycles. The van der Waals surface area contributed by atoms with Gasteiger partial charge in [0.1, 0.15) is 0 Å². The summed E-state index contributed by atoms with van der Waals surface area (Å²) in [4.78, 5) is 4.75. The van der Waals surface area contributed by atoms with Gasteiger partial charge in [0.25, 0.3) is 0 Å². The van der Waals surface area contributed by atoms with Crippen molar-refractivity contribution in [3.63, 3.8) is 0 Å². The van der Waals surface area contributed by atoms with Gasteiger partial charge in [-0.3, -0.25) is 4.99 Å². The normalized spacial score (nSPS) is 11.8. The Hall–Kier alpha value is -1.59. The summed E-state index contributed by atoms with van der Waals surface area (Å²) in [6.07, 6.45) is 4.02. The highest BCUT2D eigenvalue weighted by Crippen LogP contribution is 2.16. The van der Waals surface area contributed by atoms with Crippen molar-refractivity contribution in [2.75, 3.05) is 26.2 Å². The van der Waals surface area contributed by atoms with E-state index in [1.165, 1.54) is 0 Å². The second-order valence-corrected chi connectivity index (χ2v) is 8.01. The van der Waals surface area contributed by atoms with E-state index < -0.39 is 10.0 Å². The highest BCUT2D eigenvalue weighted by molar-refractivity contribution is 14.0. The van der Waals surface area contributed by atoms with Gasteiger partial charge < -0.3 is 15.2 Å². The topological polar surface area (TPSA) is 87.5 Å². The fourth-order valence-corrected chi connectivity index (χ4v) is 3.94. The molecule has 0 aliphatic heterocycles. The van der Waals surface area contributed by atoms with E-state index in [4.69, 9.17) is 0 Å². The van der Waals surface area contributed by atoms with Gasteiger partial charge >= 0.3 is 0 Å². The number of nitrogens with zero attached hydrogens (tertiary/aromatic N) is 2. The number of hydrogen-bond donors (Lipinski definition) is 3. The molecule has 0 unspecified atom stereocenters. The number of sulfonamides is 1. The zero-order chi connectivity index (χ0) is 19.7. The molecule has 0 amide bonds. The Kier molecular flexibility index (Phi) is 10.5. The predicted octanol–water partition coefficient (Wildman–Crippen LogP) is 2.26. The number of rotatable bonds is 9. The molecule has 3 N–H and O–H groups in total. The van der Waals surface area contributed by atoms with E-state index in [-0.39, 0.29) is 30.5 Å². The summed E-state index contributed by atoms with van der Waals surface area (Å²) in [7, 11) is -3.53. The maximum atomic E-state index is 12.5. The van der Waals surface area contributed by atoms with Crippen LogP contribution in [0.4, 0.5) is 0 Å². The summed E-state index contributed by atoms with van der Waals surface area (Å²) >= 11 is 0. The summed E-state index contributed by atoms with van der Waals surface area (Å²) in [5.74, 6) is 0.676. The predicted molar refractivity (Wildman–Crippen MR) is 125 cm³/mol. The first-order valence-corrected chi connectivity index (χ1v) is 10.6. The van der Waals surface area contributed by atoms with Crippen LogP contribution >= 0.6 is 24.0 Å². The standard InChI is InChI=1S/C19H29N5O2S.HI/c1-4-20-19(22-11-14-24-12-5-6-13-24)21-9-10-23-27(25,26)18-15-16(2)7-8-17(18)3;/h5-8,12-13,15,23H,4,9-11,14H2,1-3H3,(H2,20,21,22);1H. The lowest BCUT2D eigenvalue weighted by Gasteiger charge is -2.12. The van der Waals surface area contributed by atoms with Gasteiger partial charge in [-0.25, -0.2) is 13.1 Å².